The number of nitrogens with one attached hydrogen (secondary N) is 2. The standard InChI is InChI=1S/C18H13N3O2/c1-21-16-15(17(22)20-18(21)23)14(9-10-19-16)13-8-4-6-11-5-2-3-7-12(11)13/h2-10H,1H3,(H,20,22,23)/p+1. The molecule has 0 fully saturated rings. The van der Waals surface area contributed by atoms with Crippen molar-refractivity contribution < 1.29 is 4.98 Å². The van der Waals surface area contributed by atoms with Gasteiger partial charge in [0.15, 0.2) is 0 Å². The van der Waals surface area contributed by atoms with Crippen molar-refractivity contribution in [1.82, 2.24) is 9.55 Å². The highest BCUT2D eigenvalue weighted by Gasteiger charge is 2.17. The molecule has 4 rings (SSSR count). The molecule has 5 nitrogen and oxygen atoms in total. The fraction of sp³-hybridized carbons (Fsp3) is 0.0556. The Balaban J connectivity index is 2.20. The molecule has 0 saturated heterocycles. The van der Waals surface area contributed by atoms with Gasteiger partial charge in [0.1, 0.15) is 5.39 Å². The molecule has 0 amide bonds. The lowest BCUT2D eigenvalue weighted by Crippen LogP contribution is -2.32. The monoisotopic (exact) mass is 304 g/mol. The van der Waals surface area contributed by atoms with E-state index in [1.807, 2.05) is 48.5 Å². The lowest BCUT2D eigenvalue weighted by atomic mass is 9.97. The molecular formula is C18H14N3O2+. The van der Waals surface area contributed by atoms with Gasteiger partial charge in [-0.2, -0.15) is 4.57 Å². The maximum Gasteiger partial charge on any atom is 0.415 e. The summed E-state index contributed by atoms with van der Waals surface area (Å²) in [6.07, 6.45) is 1.75. The molecule has 5 heteroatoms. The van der Waals surface area contributed by atoms with Gasteiger partial charge >= 0.3 is 5.69 Å². The van der Waals surface area contributed by atoms with Crippen LogP contribution in [0.3, 0.4) is 0 Å². The molecule has 0 spiro atoms. The van der Waals surface area contributed by atoms with Gasteiger partial charge in [0, 0.05) is 5.56 Å². The zero-order chi connectivity index (χ0) is 16.0. The number of pyridine rings is 1. The summed E-state index contributed by atoms with van der Waals surface area (Å²) in [7, 11) is 1.63. The molecule has 2 heterocycles. The van der Waals surface area contributed by atoms with Crippen LogP contribution in [0.5, 0.6) is 0 Å². The summed E-state index contributed by atoms with van der Waals surface area (Å²) in [5.74, 6) is 0. The number of hydrogen-bond acceptors (Lipinski definition) is 2. The Morgan fingerprint density at radius 2 is 1.74 bits per heavy atom. The van der Waals surface area contributed by atoms with E-state index < -0.39 is 5.69 Å². The molecule has 0 atom stereocenters. The normalized spacial score (nSPS) is 11.2. The highest BCUT2D eigenvalue weighted by molar-refractivity contribution is 6.02. The Morgan fingerprint density at radius 3 is 2.61 bits per heavy atom. The highest BCUT2D eigenvalue weighted by Crippen LogP contribution is 2.30. The number of aromatic amines is 2. The summed E-state index contributed by atoms with van der Waals surface area (Å²) in [4.78, 5) is 29.6. The van der Waals surface area contributed by atoms with Gasteiger partial charge in [-0.1, -0.05) is 42.5 Å². The molecule has 112 valence electrons. The SMILES string of the molecule is Cn1c(=O)[nH]c(=O)c2c(-c3cccc4ccccc34)cc[nH+]c21. The summed E-state index contributed by atoms with van der Waals surface area (Å²) in [5, 5.41) is 2.65. The van der Waals surface area contributed by atoms with Crippen LogP contribution in [0.1, 0.15) is 0 Å². The predicted octanol–water partition coefficient (Wildman–Crippen LogP) is 1.86. The van der Waals surface area contributed by atoms with Crippen LogP contribution in [-0.2, 0) is 7.05 Å². The summed E-state index contributed by atoms with van der Waals surface area (Å²) >= 11 is 0. The minimum absolute atomic E-state index is 0.386. The summed E-state index contributed by atoms with van der Waals surface area (Å²) in [6, 6.07) is 15.9. The van der Waals surface area contributed by atoms with Crippen LogP contribution in [0.2, 0.25) is 0 Å². The van der Waals surface area contributed by atoms with Crippen LogP contribution in [0.25, 0.3) is 32.9 Å². The van der Waals surface area contributed by atoms with Gasteiger partial charge in [-0.15, -0.1) is 0 Å². The van der Waals surface area contributed by atoms with Crippen LogP contribution in [0, 0.1) is 0 Å². The first-order valence-corrected chi connectivity index (χ1v) is 7.28. The van der Waals surface area contributed by atoms with E-state index in [1.54, 1.807) is 13.2 Å². The Hall–Kier alpha value is -3.21. The predicted molar refractivity (Wildman–Crippen MR) is 89.3 cm³/mol. The number of aryl methyl sites for hydroxylation is 1. The van der Waals surface area contributed by atoms with Crippen LogP contribution in [0.15, 0.2) is 64.3 Å². The van der Waals surface area contributed by atoms with E-state index >= 15 is 0 Å². The molecule has 2 aromatic heterocycles. The van der Waals surface area contributed by atoms with E-state index in [2.05, 4.69) is 9.97 Å². The van der Waals surface area contributed by atoms with E-state index in [1.165, 1.54) is 4.57 Å². The second kappa shape index (κ2) is 4.91. The van der Waals surface area contributed by atoms with Crippen molar-refractivity contribution in [2.75, 3.05) is 0 Å². The molecule has 0 aliphatic rings. The lowest BCUT2D eigenvalue weighted by Gasteiger charge is -2.08. The molecule has 0 aliphatic carbocycles. The molecule has 23 heavy (non-hydrogen) atoms. The fourth-order valence-electron chi connectivity index (χ4n) is 3.01. The average Bonchev–Trinajstić information content (AvgIpc) is 2.58. The summed E-state index contributed by atoms with van der Waals surface area (Å²) in [5.41, 5.74) is 1.44. The Bertz CT molecular complexity index is 1170. The van der Waals surface area contributed by atoms with Gasteiger partial charge in [0.2, 0.25) is 0 Å². The molecule has 0 aliphatic heterocycles. The van der Waals surface area contributed by atoms with Crippen LogP contribution >= 0.6 is 0 Å². The number of nitrogens with zero attached hydrogens (tertiary/aromatic N) is 1. The Morgan fingerprint density at radius 1 is 0.957 bits per heavy atom. The van der Waals surface area contributed by atoms with Gasteiger partial charge < -0.3 is 0 Å². The van der Waals surface area contributed by atoms with Gasteiger partial charge in [0.25, 0.3) is 11.2 Å². The van der Waals surface area contributed by atoms with Crippen molar-refractivity contribution in [3.63, 3.8) is 0 Å². The van der Waals surface area contributed by atoms with Crippen molar-refractivity contribution in [1.29, 1.82) is 0 Å². The summed E-state index contributed by atoms with van der Waals surface area (Å²) in [6.45, 7) is 0. The van der Waals surface area contributed by atoms with Crippen molar-refractivity contribution in [2.45, 2.75) is 0 Å². The van der Waals surface area contributed by atoms with Crippen LogP contribution in [-0.4, -0.2) is 9.55 Å². The second-order valence-corrected chi connectivity index (χ2v) is 5.46. The molecule has 2 aromatic carbocycles. The lowest BCUT2D eigenvalue weighted by molar-refractivity contribution is -0.349. The van der Waals surface area contributed by atoms with Gasteiger partial charge in [-0.3, -0.25) is 9.78 Å². The number of fused-ring (bicyclic) bond motifs is 2. The van der Waals surface area contributed by atoms with E-state index in [4.69, 9.17) is 0 Å². The number of rotatable bonds is 1. The van der Waals surface area contributed by atoms with Gasteiger partial charge in [-0.25, -0.2) is 9.78 Å². The second-order valence-electron chi connectivity index (χ2n) is 5.46. The largest absolute Gasteiger partial charge is 0.415 e. The highest BCUT2D eigenvalue weighted by atomic mass is 16.2. The average molecular weight is 304 g/mol. The first-order chi connectivity index (χ1) is 11.2. The third kappa shape index (κ3) is 1.97. The first kappa shape index (κ1) is 13.5. The number of aromatic nitrogens is 3. The third-order valence-corrected chi connectivity index (χ3v) is 4.14. The zero-order valence-corrected chi connectivity index (χ0v) is 12.5. The molecule has 0 unspecified atom stereocenters. The van der Waals surface area contributed by atoms with Gasteiger partial charge in [0.05, 0.1) is 13.2 Å². The third-order valence-electron chi connectivity index (χ3n) is 4.14. The van der Waals surface area contributed by atoms with Crippen molar-refractivity contribution in [2.24, 2.45) is 7.05 Å². The molecule has 0 bridgehead atoms. The molecule has 0 saturated carbocycles. The summed E-state index contributed by atoms with van der Waals surface area (Å²) < 4.78 is 1.41. The fourth-order valence-corrected chi connectivity index (χ4v) is 3.01. The topological polar surface area (TPSA) is 69.0 Å². The van der Waals surface area contributed by atoms with Crippen molar-refractivity contribution in [3.8, 4) is 11.1 Å². The van der Waals surface area contributed by atoms with E-state index in [0.717, 1.165) is 21.9 Å². The molecule has 2 N–H and O–H groups in total. The Labute approximate surface area is 130 Å². The van der Waals surface area contributed by atoms with E-state index in [9.17, 15) is 9.59 Å². The van der Waals surface area contributed by atoms with Crippen LogP contribution < -0.4 is 16.2 Å². The minimum Gasteiger partial charge on any atom is -0.268 e. The van der Waals surface area contributed by atoms with E-state index in [0.29, 0.717) is 11.0 Å². The maximum absolute atomic E-state index is 12.4. The zero-order valence-electron chi connectivity index (χ0n) is 12.5. The smallest absolute Gasteiger partial charge is 0.268 e. The quantitative estimate of drug-likeness (QED) is 0.583. The minimum atomic E-state index is -0.436. The molecule has 0 radical (unpaired) electrons. The first-order valence-electron chi connectivity index (χ1n) is 7.28. The number of H-pyrrole nitrogens is 2. The Kier molecular flexibility index (Phi) is 2.87. The van der Waals surface area contributed by atoms with Gasteiger partial charge in [-0.05, 0) is 22.4 Å². The molecular weight excluding hydrogens is 290 g/mol. The number of hydrogen-bond donors (Lipinski definition) is 1. The molecule has 4 aromatic rings. The number of benzene rings is 2. The van der Waals surface area contributed by atoms with Crippen molar-refractivity contribution >= 4 is 21.8 Å². The van der Waals surface area contributed by atoms with Crippen LogP contribution in [0.4, 0.5) is 0 Å². The van der Waals surface area contributed by atoms with Crippen molar-refractivity contribution in [3.05, 3.63) is 75.6 Å². The maximum atomic E-state index is 12.4. The van der Waals surface area contributed by atoms with E-state index in [-0.39, 0.29) is 5.56 Å².